The Kier molecular flexibility index (Phi) is 16.5. The van der Waals surface area contributed by atoms with Gasteiger partial charge in [0.2, 0.25) is 0 Å². The molecule has 204 valence electrons. The summed E-state index contributed by atoms with van der Waals surface area (Å²) in [6.07, 6.45) is 11.5. The average molecular weight is 618 g/mol. The van der Waals surface area contributed by atoms with E-state index in [9.17, 15) is 0 Å². The number of hydrogen-bond donors (Lipinski definition) is 0. The second-order valence-corrected chi connectivity index (χ2v) is 38.6. The predicted octanol–water partition coefficient (Wildman–Crippen LogP) is 11.4. The summed E-state index contributed by atoms with van der Waals surface area (Å²) in [6, 6.07) is 0. The van der Waals surface area contributed by atoms with Crippen molar-refractivity contribution in [2.45, 2.75) is 170 Å². The summed E-state index contributed by atoms with van der Waals surface area (Å²) >= 11 is -2.51. The van der Waals surface area contributed by atoms with Gasteiger partial charge in [-0.1, -0.05) is 0 Å². The number of rotatable bonds is 18. The third-order valence-corrected chi connectivity index (χ3v) is 41.3. The van der Waals surface area contributed by atoms with E-state index in [4.69, 9.17) is 4.43 Å². The minimum atomic E-state index is -2.51. The van der Waals surface area contributed by atoms with E-state index in [0.717, 1.165) is 0 Å². The van der Waals surface area contributed by atoms with Crippen LogP contribution < -0.4 is 0 Å². The molecule has 0 aromatic rings. The van der Waals surface area contributed by atoms with Crippen LogP contribution in [-0.2, 0) is 4.43 Å². The molecule has 0 saturated carbocycles. The van der Waals surface area contributed by atoms with Crippen molar-refractivity contribution in [3.63, 3.8) is 0 Å². The Morgan fingerprint density at radius 2 is 1.03 bits per heavy atom. The molecule has 0 bridgehead atoms. The van der Waals surface area contributed by atoms with E-state index in [1.54, 1.807) is 13.3 Å². The zero-order valence-electron chi connectivity index (χ0n) is 26.2. The van der Waals surface area contributed by atoms with E-state index in [-0.39, 0.29) is 0 Å². The van der Waals surface area contributed by atoms with Crippen LogP contribution >= 0.6 is 0 Å². The van der Waals surface area contributed by atoms with Gasteiger partial charge in [-0.05, 0) is 0 Å². The van der Waals surface area contributed by atoms with Crippen molar-refractivity contribution in [2.75, 3.05) is 0 Å². The molecule has 0 aromatic heterocycles. The molecule has 0 heterocycles. The Morgan fingerprint density at radius 1 is 0.676 bits per heavy atom. The van der Waals surface area contributed by atoms with Crippen LogP contribution in [-0.4, -0.2) is 40.9 Å². The van der Waals surface area contributed by atoms with Crippen molar-refractivity contribution < 1.29 is 4.43 Å². The summed E-state index contributed by atoms with van der Waals surface area (Å²) in [4.78, 5) is 0. The molecule has 0 N–H and O–H groups in total. The monoisotopic (exact) mass is 618 g/mol. The van der Waals surface area contributed by atoms with Gasteiger partial charge in [-0.15, -0.1) is 0 Å². The molecule has 1 nitrogen and oxygen atoms in total. The van der Waals surface area contributed by atoms with Gasteiger partial charge in [0.1, 0.15) is 0 Å². The van der Waals surface area contributed by atoms with Gasteiger partial charge in [0, 0.05) is 0 Å². The van der Waals surface area contributed by atoms with E-state index >= 15 is 0 Å². The van der Waals surface area contributed by atoms with Gasteiger partial charge < -0.3 is 0 Å². The summed E-state index contributed by atoms with van der Waals surface area (Å²) in [5.41, 5.74) is 1.93. The first-order chi connectivity index (χ1) is 15.7. The predicted molar refractivity (Wildman–Crippen MR) is 167 cm³/mol. The second-order valence-electron chi connectivity index (χ2n) is 13.6. The van der Waals surface area contributed by atoms with Crippen LogP contribution in [0.5, 0.6) is 0 Å². The standard InChI is InChI=1S/C18H39OSi2.3C4H9.Sn/c1-14(2)18(12-13-20(9,10)11)19-21(15(3)4,16(5)6)17(7)8;3*1-3-4-2;/h12,14-18H,1-11H3;3*1,3-4H2,2H3;. The van der Waals surface area contributed by atoms with Crippen molar-refractivity contribution in [3.8, 4) is 0 Å². The number of unbranched alkanes of at least 4 members (excludes halogenated alkanes) is 3. The van der Waals surface area contributed by atoms with Gasteiger partial charge in [-0.2, -0.15) is 0 Å². The van der Waals surface area contributed by atoms with E-state index in [0.29, 0.717) is 28.6 Å². The fourth-order valence-electron chi connectivity index (χ4n) is 6.72. The molecule has 4 heteroatoms. The zero-order valence-corrected chi connectivity index (χ0v) is 31.1. The summed E-state index contributed by atoms with van der Waals surface area (Å²) in [5.74, 6) is 0.544. The maximum absolute atomic E-state index is 7.54. The van der Waals surface area contributed by atoms with Crippen molar-refractivity contribution in [2.24, 2.45) is 5.92 Å². The average Bonchev–Trinajstić information content (AvgIpc) is 2.72. The van der Waals surface area contributed by atoms with E-state index < -0.39 is 34.8 Å². The number of hydrogen-bond acceptors (Lipinski definition) is 1. The molecule has 0 aliphatic heterocycles. The van der Waals surface area contributed by atoms with Crippen molar-refractivity contribution >= 4 is 34.8 Å². The maximum atomic E-state index is 7.54. The minimum absolute atomic E-state index is 0.293. The zero-order chi connectivity index (χ0) is 26.7. The first-order valence-corrected chi connectivity index (χ1v) is 28.2. The molecule has 0 saturated heterocycles. The van der Waals surface area contributed by atoms with Crippen molar-refractivity contribution in [1.29, 1.82) is 0 Å². The van der Waals surface area contributed by atoms with Crippen LogP contribution in [0.4, 0.5) is 0 Å². The van der Waals surface area contributed by atoms with Crippen LogP contribution in [0.1, 0.15) is 115 Å². The molecule has 34 heavy (non-hydrogen) atoms. The van der Waals surface area contributed by atoms with Gasteiger partial charge in [0.25, 0.3) is 0 Å². The molecule has 0 spiro atoms. The molecule has 1 atom stereocenters. The molecule has 0 rings (SSSR count). The van der Waals surface area contributed by atoms with E-state index in [1.165, 1.54) is 38.5 Å². The Bertz CT molecular complexity index is 531. The molecule has 0 aromatic carbocycles. The Balaban J connectivity index is 6.90. The van der Waals surface area contributed by atoms with E-state index in [2.05, 4.69) is 105 Å². The molecule has 0 amide bonds. The van der Waals surface area contributed by atoms with Crippen LogP contribution in [0.25, 0.3) is 0 Å². The normalized spacial score (nSPS) is 15.3. The molecule has 0 radical (unpaired) electrons. The van der Waals surface area contributed by atoms with Crippen LogP contribution in [0, 0.1) is 5.92 Å². The summed E-state index contributed by atoms with van der Waals surface area (Å²) < 4.78 is 14.3. The molecular formula is C30H66OSi2Sn. The second kappa shape index (κ2) is 16.0. The molecular weight excluding hydrogens is 551 g/mol. The summed E-state index contributed by atoms with van der Waals surface area (Å²) in [6.45, 7) is 34.7. The SMILES string of the molecule is CCC[CH2][Sn]([CH2]CCC)([CH2]CCC)/[C](=C\C(O[Si](C(C)C)(C(C)C)C(C)C)C(C)C)[Si](C)(C)C. The topological polar surface area (TPSA) is 9.23 Å². The summed E-state index contributed by atoms with van der Waals surface area (Å²) in [5, 5.41) is 0. The van der Waals surface area contributed by atoms with Crippen molar-refractivity contribution in [1.82, 2.24) is 0 Å². The Hall–Kier alpha value is 0.932. The van der Waals surface area contributed by atoms with Crippen LogP contribution in [0.3, 0.4) is 0 Å². The molecule has 0 aliphatic rings. The third-order valence-electron chi connectivity index (χ3n) is 8.44. The molecule has 0 aliphatic carbocycles. The van der Waals surface area contributed by atoms with Crippen LogP contribution in [0.2, 0.25) is 49.6 Å². The van der Waals surface area contributed by atoms with Gasteiger partial charge in [0.15, 0.2) is 0 Å². The quantitative estimate of drug-likeness (QED) is 0.139. The fourth-order valence-corrected chi connectivity index (χ4v) is 45.5. The van der Waals surface area contributed by atoms with Gasteiger partial charge in [-0.3, -0.25) is 0 Å². The summed E-state index contributed by atoms with van der Waals surface area (Å²) in [7, 11) is -3.37. The Labute approximate surface area is 223 Å². The van der Waals surface area contributed by atoms with Crippen LogP contribution in [0.15, 0.2) is 9.29 Å². The van der Waals surface area contributed by atoms with E-state index in [1.807, 2.05) is 0 Å². The first kappa shape index (κ1) is 34.9. The van der Waals surface area contributed by atoms with Gasteiger partial charge in [-0.25, -0.2) is 0 Å². The molecule has 1 unspecified atom stereocenters. The fraction of sp³-hybridized carbons (Fsp3) is 0.933. The molecule has 0 fully saturated rings. The Morgan fingerprint density at radius 3 is 1.26 bits per heavy atom. The van der Waals surface area contributed by atoms with Gasteiger partial charge in [0.05, 0.1) is 0 Å². The third kappa shape index (κ3) is 9.67. The first-order valence-electron chi connectivity index (χ1n) is 15.1. The van der Waals surface area contributed by atoms with Gasteiger partial charge >= 0.3 is 225 Å². The van der Waals surface area contributed by atoms with Crippen molar-refractivity contribution in [3.05, 3.63) is 9.29 Å².